The van der Waals surface area contributed by atoms with E-state index in [0.717, 1.165) is 36.9 Å². The Kier molecular flexibility index (Phi) is 4.67. The van der Waals surface area contributed by atoms with Crippen LogP contribution in [-0.2, 0) is 30.8 Å². The average Bonchev–Trinajstić information content (AvgIpc) is 3.01. The van der Waals surface area contributed by atoms with E-state index in [1.165, 1.54) is 11.1 Å². The predicted molar refractivity (Wildman–Crippen MR) is 83.5 cm³/mol. The third-order valence-corrected chi connectivity index (χ3v) is 4.02. The average molecular weight is 316 g/mol. The van der Waals surface area contributed by atoms with Crippen molar-refractivity contribution in [2.45, 2.75) is 32.5 Å². The van der Waals surface area contributed by atoms with Gasteiger partial charge in [-0.2, -0.15) is 0 Å². The lowest BCUT2D eigenvalue weighted by atomic mass is 10.1. The molecule has 120 valence electrons. The van der Waals surface area contributed by atoms with Crippen LogP contribution in [0.1, 0.15) is 28.7 Å². The highest BCUT2D eigenvalue weighted by molar-refractivity contribution is 5.76. The minimum atomic E-state index is -0.492. The highest BCUT2D eigenvalue weighted by Gasteiger charge is 2.11. The third kappa shape index (κ3) is 3.93. The first kappa shape index (κ1) is 15.6. The number of aryl methyl sites for hydroxylation is 1. The molecule has 0 saturated carbocycles. The molecular formula is C18H18F2N2O. The number of amides is 1. The number of carbonyl (C=O) groups is 1. The van der Waals surface area contributed by atoms with E-state index in [2.05, 4.69) is 22.8 Å². The van der Waals surface area contributed by atoms with Gasteiger partial charge in [0.15, 0.2) is 0 Å². The van der Waals surface area contributed by atoms with E-state index in [4.69, 9.17) is 0 Å². The highest BCUT2D eigenvalue weighted by atomic mass is 19.1. The second kappa shape index (κ2) is 6.87. The summed E-state index contributed by atoms with van der Waals surface area (Å²) in [4.78, 5) is 11.9. The van der Waals surface area contributed by atoms with Gasteiger partial charge in [0, 0.05) is 26.1 Å². The molecule has 0 atom stereocenters. The zero-order valence-corrected chi connectivity index (χ0v) is 12.7. The third-order valence-electron chi connectivity index (χ3n) is 4.02. The molecule has 3 rings (SSSR count). The van der Waals surface area contributed by atoms with Crippen molar-refractivity contribution in [2.75, 3.05) is 0 Å². The standard InChI is InChI=1S/C18H18F2N2O/c19-16-4-5-17(20)13(8-16)3-6-18(23)22-9-12-1-2-14-10-21-11-15(14)7-12/h1-2,4-5,7-8,21H,3,6,9-11H2,(H,22,23). The van der Waals surface area contributed by atoms with Crippen molar-refractivity contribution >= 4 is 5.91 Å². The van der Waals surface area contributed by atoms with Crippen LogP contribution in [0.4, 0.5) is 8.78 Å². The van der Waals surface area contributed by atoms with Crippen molar-refractivity contribution in [1.82, 2.24) is 10.6 Å². The largest absolute Gasteiger partial charge is 0.352 e. The predicted octanol–water partition coefficient (Wildman–Crippen LogP) is 2.82. The summed E-state index contributed by atoms with van der Waals surface area (Å²) in [6.07, 6.45) is 0.316. The summed E-state index contributed by atoms with van der Waals surface area (Å²) < 4.78 is 26.6. The summed E-state index contributed by atoms with van der Waals surface area (Å²) in [7, 11) is 0. The van der Waals surface area contributed by atoms with Crippen molar-refractivity contribution < 1.29 is 13.6 Å². The number of halogens is 2. The lowest BCUT2D eigenvalue weighted by Gasteiger charge is -2.08. The number of rotatable bonds is 5. The Hall–Kier alpha value is -2.27. The maximum Gasteiger partial charge on any atom is 0.220 e. The minimum Gasteiger partial charge on any atom is -0.352 e. The Bertz CT molecular complexity index is 731. The van der Waals surface area contributed by atoms with E-state index < -0.39 is 11.6 Å². The smallest absolute Gasteiger partial charge is 0.220 e. The molecule has 1 aliphatic rings. The minimum absolute atomic E-state index is 0.132. The van der Waals surface area contributed by atoms with Gasteiger partial charge in [0.1, 0.15) is 11.6 Å². The maximum atomic E-state index is 13.5. The number of carbonyl (C=O) groups excluding carboxylic acids is 1. The van der Waals surface area contributed by atoms with E-state index >= 15 is 0 Å². The second-order valence-corrected chi connectivity index (χ2v) is 5.72. The lowest BCUT2D eigenvalue weighted by molar-refractivity contribution is -0.121. The van der Waals surface area contributed by atoms with Crippen LogP contribution in [0.5, 0.6) is 0 Å². The molecular weight excluding hydrogens is 298 g/mol. The molecule has 0 saturated heterocycles. The van der Waals surface area contributed by atoms with Crippen molar-refractivity contribution in [1.29, 1.82) is 0 Å². The van der Waals surface area contributed by atoms with Crippen LogP contribution in [0, 0.1) is 11.6 Å². The molecule has 0 spiro atoms. The Morgan fingerprint density at radius 2 is 1.91 bits per heavy atom. The SMILES string of the molecule is O=C(CCc1cc(F)ccc1F)NCc1ccc2c(c1)CNC2. The summed E-state index contributed by atoms with van der Waals surface area (Å²) in [6, 6.07) is 9.44. The van der Waals surface area contributed by atoms with Crippen molar-refractivity contribution in [3.63, 3.8) is 0 Å². The van der Waals surface area contributed by atoms with Gasteiger partial charge in [-0.3, -0.25) is 4.79 Å². The second-order valence-electron chi connectivity index (χ2n) is 5.72. The topological polar surface area (TPSA) is 41.1 Å². The van der Waals surface area contributed by atoms with E-state index in [9.17, 15) is 13.6 Å². The fourth-order valence-corrected chi connectivity index (χ4v) is 2.73. The van der Waals surface area contributed by atoms with Crippen LogP contribution in [0.15, 0.2) is 36.4 Å². The molecule has 0 bridgehead atoms. The summed E-state index contributed by atoms with van der Waals surface area (Å²) >= 11 is 0. The molecule has 0 radical (unpaired) electrons. The molecule has 5 heteroatoms. The summed E-state index contributed by atoms with van der Waals surface area (Å²) in [5.41, 5.74) is 3.82. The number of nitrogens with one attached hydrogen (secondary N) is 2. The van der Waals surface area contributed by atoms with Crippen molar-refractivity contribution in [3.05, 3.63) is 70.3 Å². The lowest BCUT2D eigenvalue weighted by Crippen LogP contribution is -2.23. The fourth-order valence-electron chi connectivity index (χ4n) is 2.73. The molecule has 0 aromatic heterocycles. The summed E-state index contributed by atoms with van der Waals surface area (Å²) in [5, 5.41) is 6.09. The zero-order chi connectivity index (χ0) is 16.2. The van der Waals surface area contributed by atoms with Gasteiger partial charge in [0.2, 0.25) is 5.91 Å². The normalized spacial score (nSPS) is 13.0. The van der Waals surface area contributed by atoms with Gasteiger partial charge in [-0.1, -0.05) is 18.2 Å². The van der Waals surface area contributed by atoms with Gasteiger partial charge in [0.25, 0.3) is 0 Å². The molecule has 2 aromatic rings. The summed E-state index contributed by atoms with van der Waals surface area (Å²) in [6.45, 7) is 2.19. The molecule has 3 nitrogen and oxygen atoms in total. The monoisotopic (exact) mass is 316 g/mol. The van der Waals surface area contributed by atoms with Gasteiger partial charge in [-0.25, -0.2) is 8.78 Å². The Morgan fingerprint density at radius 1 is 1.09 bits per heavy atom. The van der Waals surface area contributed by atoms with Crippen LogP contribution >= 0.6 is 0 Å². The molecule has 1 heterocycles. The van der Waals surface area contributed by atoms with Crippen LogP contribution in [0.3, 0.4) is 0 Å². The van der Waals surface area contributed by atoms with Crippen molar-refractivity contribution in [2.24, 2.45) is 0 Å². The van der Waals surface area contributed by atoms with E-state index in [1.807, 2.05) is 6.07 Å². The molecule has 23 heavy (non-hydrogen) atoms. The van der Waals surface area contributed by atoms with Crippen LogP contribution in [0.25, 0.3) is 0 Å². The van der Waals surface area contributed by atoms with Gasteiger partial charge in [-0.05, 0) is 46.9 Å². The fraction of sp³-hybridized carbons (Fsp3) is 0.278. The summed E-state index contributed by atoms with van der Waals surface area (Å²) in [5.74, 6) is -1.15. The van der Waals surface area contributed by atoms with Gasteiger partial charge in [-0.15, -0.1) is 0 Å². The quantitative estimate of drug-likeness (QED) is 0.890. The van der Waals surface area contributed by atoms with E-state index in [0.29, 0.717) is 6.54 Å². The van der Waals surface area contributed by atoms with Gasteiger partial charge in [0.05, 0.1) is 0 Å². The molecule has 0 unspecified atom stereocenters. The first-order valence-electron chi connectivity index (χ1n) is 7.64. The Balaban J connectivity index is 1.51. The van der Waals surface area contributed by atoms with E-state index in [1.54, 1.807) is 0 Å². The Morgan fingerprint density at radius 3 is 2.78 bits per heavy atom. The first-order valence-corrected chi connectivity index (χ1v) is 7.64. The number of fused-ring (bicyclic) bond motifs is 1. The molecule has 0 fully saturated rings. The molecule has 1 aliphatic heterocycles. The highest BCUT2D eigenvalue weighted by Crippen LogP contribution is 2.17. The first-order chi connectivity index (χ1) is 11.1. The molecule has 2 aromatic carbocycles. The zero-order valence-electron chi connectivity index (χ0n) is 12.7. The number of hydrogen-bond donors (Lipinski definition) is 2. The molecule has 1 amide bonds. The van der Waals surface area contributed by atoms with Crippen LogP contribution < -0.4 is 10.6 Å². The van der Waals surface area contributed by atoms with Crippen LogP contribution in [-0.4, -0.2) is 5.91 Å². The van der Waals surface area contributed by atoms with Crippen LogP contribution in [0.2, 0.25) is 0 Å². The molecule has 0 aliphatic carbocycles. The van der Waals surface area contributed by atoms with Gasteiger partial charge >= 0.3 is 0 Å². The molecule has 2 N–H and O–H groups in total. The van der Waals surface area contributed by atoms with Crippen molar-refractivity contribution in [3.8, 4) is 0 Å². The number of hydrogen-bond acceptors (Lipinski definition) is 2. The maximum absolute atomic E-state index is 13.5. The van der Waals surface area contributed by atoms with E-state index in [-0.39, 0.29) is 24.3 Å². The Labute approximate surface area is 133 Å². The number of benzene rings is 2. The van der Waals surface area contributed by atoms with Gasteiger partial charge < -0.3 is 10.6 Å².